The van der Waals surface area contributed by atoms with Crippen LogP contribution >= 0.6 is 11.6 Å². The maximum Gasteiger partial charge on any atom is 0.243 e. The van der Waals surface area contributed by atoms with Gasteiger partial charge in [0.15, 0.2) is 0 Å². The summed E-state index contributed by atoms with van der Waals surface area (Å²) in [5.74, 6) is -0.394. The van der Waals surface area contributed by atoms with Crippen LogP contribution in [0.1, 0.15) is 51.2 Å². The van der Waals surface area contributed by atoms with Crippen LogP contribution in [-0.2, 0) is 26.2 Å². The predicted molar refractivity (Wildman–Crippen MR) is 142 cm³/mol. The average Bonchev–Trinajstić information content (AvgIpc) is 2.77. The lowest BCUT2D eigenvalue weighted by atomic mass is 10.1. The van der Waals surface area contributed by atoms with Crippen LogP contribution in [0.2, 0.25) is 5.02 Å². The third-order valence-electron chi connectivity index (χ3n) is 5.60. The molecule has 0 radical (unpaired) electrons. The largest absolute Gasteiger partial charge is 0.352 e. The summed E-state index contributed by atoms with van der Waals surface area (Å²) in [6, 6.07) is 13.9. The van der Waals surface area contributed by atoms with Crippen molar-refractivity contribution in [2.45, 2.75) is 65.6 Å². The Morgan fingerprint density at radius 3 is 2.31 bits per heavy atom. The average molecular weight is 522 g/mol. The molecule has 2 aromatic carbocycles. The quantitative estimate of drug-likeness (QED) is 0.444. The first kappa shape index (κ1) is 28.7. The number of amides is 2. The van der Waals surface area contributed by atoms with Gasteiger partial charge in [0, 0.05) is 30.6 Å². The standard InChI is InChI=1S/C26H36ClN3O4S/c1-6-23(26(32)28-19(2)3)29(18-21-11-8-7-9-12-21)25(31)13-10-16-30(35(5,33)34)24-17-22(27)15-14-20(24)4/h7-9,11-12,14-15,17,19,23H,6,10,13,16,18H2,1-5H3,(H,28,32)/t23-/m1/s1. The molecule has 35 heavy (non-hydrogen) atoms. The van der Waals surface area contributed by atoms with Gasteiger partial charge < -0.3 is 10.2 Å². The van der Waals surface area contributed by atoms with Crippen molar-refractivity contribution in [2.24, 2.45) is 0 Å². The first-order valence-electron chi connectivity index (χ1n) is 11.8. The van der Waals surface area contributed by atoms with Crippen LogP contribution < -0.4 is 9.62 Å². The van der Waals surface area contributed by atoms with Crippen LogP contribution in [0.15, 0.2) is 48.5 Å². The van der Waals surface area contributed by atoms with Crippen LogP contribution in [0, 0.1) is 6.92 Å². The van der Waals surface area contributed by atoms with Crippen LogP contribution in [0.3, 0.4) is 0 Å². The van der Waals surface area contributed by atoms with Crippen molar-refractivity contribution in [1.29, 1.82) is 0 Å². The Kier molecular flexibility index (Phi) is 10.6. The van der Waals surface area contributed by atoms with Gasteiger partial charge in [0.05, 0.1) is 11.9 Å². The van der Waals surface area contributed by atoms with E-state index in [1.165, 1.54) is 4.31 Å². The number of nitrogens with one attached hydrogen (secondary N) is 1. The summed E-state index contributed by atoms with van der Waals surface area (Å²) >= 11 is 6.11. The molecule has 0 aliphatic rings. The molecule has 2 rings (SSSR count). The van der Waals surface area contributed by atoms with E-state index < -0.39 is 16.1 Å². The van der Waals surface area contributed by atoms with Crippen molar-refractivity contribution in [3.05, 3.63) is 64.7 Å². The highest BCUT2D eigenvalue weighted by Gasteiger charge is 2.29. The number of carbonyl (C=O) groups is 2. The number of hydrogen-bond acceptors (Lipinski definition) is 4. The van der Waals surface area contributed by atoms with Crippen molar-refractivity contribution in [3.8, 4) is 0 Å². The molecule has 0 aromatic heterocycles. The Labute approximate surface area is 214 Å². The molecule has 0 bridgehead atoms. The minimum absolute atomic E-state index is 0.0468. The van der Waals surface area contributed by atoms with E-state index in [0.717, 1.165) is 17.4 Å². The second-order valence-electron chi connectivity index (χ2n) is 8.96. The van der Waals surface area contributed by atoms with Gasteiger partial charge in [0.1, 0.15) is 6.04 Å². The molecular weight excluding hydrogens is 486 g/mol. The second-order valence-corrected chi connectivity index (χ2v) is 11.3. The minimum atomic E-state index is -3.59. The van der Waals surface area contributed by atoms with Crippen LogP contribution in [0.25, 0.3) is 0 Å². The highest BCUT2D eigenvalue weighted by atomic mass is 35.5. The SMILES string of the molecule is CC[C@H](C(=O)NC(C)C)N(Cc1ccccc1)C(=O)CCCN(c1cc(Cl)ccc1C)S(C)(=O)=O. The maximum atomic E-state index is 13.4. The van der Waals surface area contributed by atoms with E-state index in [9.17, 15) is 18.0 Å². The van der Waals surface area contributed by atoms with Gasteiger partial charge in [-0.3, -0.25) is 13.9 Å². The van der Waals surface area contributed by atoms with E-state index in [0.29, 0.717) is 30.1 Å². The molecule has 0 aliphatic carbocycles. The molecule has 9 heteroatoms. The molecule has 0 heterocycles. The fourth-order valence-electron chi connectivity index (χ4n) is 3.91. The molecule has 0 saturated carbocycles. The molecule has 0 unspecified atom stereocenters. The molecular formula is C26H36ClN3O4S. The van der Waals surface area contributed by atoms with Gasteiger partial charge in [-0.1, -0.05) is 54.9 Å². The number of anilines is 1. The lowest BCUT2D eigenvalue weighted by molar-refractivity contribution is -0.141. The maximum absolute atomic E-state index is 13.4. The Hall–Kier alpha value is -2.58. The number of benzene rings is 2. The monoisotopic (exact) mass is 521 g/mol. The molecule has 192 valence electrons. The van der Waals surface area contributed by atoms with Gasteiger partial charge in [-0.2, -0.15) is 0 Å². The summed E-state index contributed by atoms with van der Waals surface area (Å²) < 4.78 is 26.3. The number of carbonyl (C=O) groups excluding carboxylic acids is 2. The zero-order chi connectivity index (χ0) is 26.2. The van der Waals surface area contributed by atoms with Gasteiger partial charge in [-0.05, 0) is 56.9 Å². The van der Waals surface area contributed by atoms with E-state index in [1.54, 1.807) is 23.1 Å². The molecule has 0 saturated heterocycles. The summed E-state index contributed by atoms with van der Waals surface area (Å²) in [5, 5.41) is 3.35. The topological polar surface area (TPSA) is 86.8 Å². The fourth-order valence-corrected chi connectivity index (χ4v) is 5.10. The van der Waals surface area contributed by atoms with E-state index in [-0.39, 0.29) is 30.8 Å². The van der Waals surface area contributed by atoms with Gasteiger partial charge in [-0.15, -0.1) is 0 Å². The van der Waals surface area contributed by atoms with Gasteiger partial charge in [0.2, 0.25) is 21.8 Å². The number of aryl methyl sites for hydroxylation is 1. The Bertz CT molecular complexity index is 1110. The first-order chi connectivity index (χ1) is 16.4. The van der Waals surface area contributed by atoms with Gasteiger partial charge >= 0.3 is 0 Å². The van der Waals surface area contributed by atoms with Crippen LogP contribution in [0.4, 0.5) is 5.69 Å². The number of halogens is 1. The third kappa shape index (κ3) is 8.54. The normalized spacial score (nSPS) is 12.3. The molecule has 0 fully saturated rings. The van der Waals surface area contributed by atoms with Crippen molar-refractivity contribution in [3.63, 3.8) is 0 Å². The van der Waals surface area contributed by atoms with E-state index in [2.05, 4.69) is 5.32 Å². The highest BCUT2D eigenvalue weighted by Crippen LogP contribution is 2.27. The van der Waals surface area contributed by atoms with Crippen molar-refractivity contribution in [2.75, 3.05) is 17.1 Å². The van der Waals surface area contributed by atoms with Crippen LogP contribution in [-0.4, -0.2) is 50.0 Å². The lowest BCUT2D eigenvalue weighted by Gasteiger charge is -2.31. The van der Waals surface area contributed by atoms with E-state index in [1.807, 2.05) is 58.0 Å². The number of sulfonamides is 1. The lowest BCUT2D eigenvalue weighted by Crippen LogP contribution is -2.50. The molecule has 2 amide bonds. The van der Waals surface area contributed by atoms with Crippen molar-refractivity contribution < 1.29 is 18.0 Å². The second kappa shape index (κ2) is 12.9. The van der Waals surface area contributed by atoms with Crippen molar-refractivity contribution >= 4 is 39.1 Å². The molecule has 1 atom stereocenters. The van der Waals surface area contributed by atoms with Crippen molar-refractivity contribution in [1.82, 2.24) is 10.2 Å². The Balaban J connectivity index is 2.22. The fraction of sp³-hybridized carbons (Fsp3) is 0.462. The molecule has 0 spiro atoms. The summed E-state index contributed by atoms with van der Waals surface area (Å²) in [6.45, 7) is 7.88. The first-order valence-corrected chi connectivity index (χ1v) is 14.0. The van der Waals surface area contributed by atoms with Gasteiger partial charge in [0.25, 0.3) is 0 Å². The minimum Gasteiger partial charge on any atom is -0.352 e. The zero-order valence-electron chi connectivity index (χ0n) is 21.1. The molecule has 0 aliphatic heterocycles. The third-order valence-corrected chi connectivity index (χ3v) is 7.02. The van der Waals surface area contributed by atoms with Crippen LogP contribution in [0.5, 0.6) is 0 Å². The number of nitrogens with zero attached hydrogens (tertiary/aromatic N) is 2. The van der Waals surface area contributed by atoms with Gasteiger partial charge in [-0.25, -0.2) is 8.42 Å². The number of rotatable bonds is 12. The van der Waals surface area contributed by atoms with E-state index in [4.69, 9.17) is 11.6 Å². The smallest absolute Gasteiger partial charge is 0.243 e. The zero-order valence-corrected chi connectivity index (χ0v) is 22.7. The molecule has 7 nitrogen and oxygen atoms in total. The molecule has 1 N–H and O–H groups in total. The summed E-state index contributed by atoms with van der Waals surface area (Å²) in [7, 11) is -3.59. The predicted octanol–water partition coefficient (Wildman–Crippen LogP) is 4.53. The Morgan fingerprint density at radius 1 is 1.09 bits per heavy atom. The highest BCUT2D eigenvalue weighted by molar-refractivity contribution is 7.92. The summed E-state index contributed by atoms with van der Waals surface area (Å²) in [5.41, 5.74) is 2.19. The summed E-state index contributed by atoms with van der Waals surface area (Å²) in [4.78, 5) is 27.9. The Morgan fingerprint density at radius 2 is 1.74 bits per heavy atom. The van der Waals surface area contributed by atoms with E-state index >= 15 is 0 Å². The summed E-state index contributed by atoms with van der Waals surface area (Å²) in [6.07, 6.45) is 2.00. The molecule has 2 aromatic rings. The number of hydrogen-bond donors (Lipinski definition) is 1.